The van der Waals surface area contributed by atoms with Gasteiger partial charge in [-0.25, -0.2) is 17.2 Å². The predicted molar refractivity (Wildman–Crippen MR) is 59.9 cm³/mol. The maximum Gasteiger partial charge on any atom is 0.265 e. The minimum atomic E-state index is -4.31. The van der Waals surface area contributed by atoms with Gasteiger partial charge >= 0.3 is 0 Å². The van der Waals surface area contributed by atoms with Crippen LogP contribution in [0.3, 0.4) is 0 Å². The maximum absolute atomic E-state index is 13.3. The van der Waals surface area contributed by atoms with E-state index in [0.29, 0.717) is 12.1 Å². The lowest BCUT2D eigenvalue weighted by molar-refractivity contribution is 0.329. The van der Waals surface area contributed by atoms with E-state index in [2.05, 4.69) is 0 Å². The first-order valence-electron chi connectivity index (χ1n) is 4.18. The zero-order valence-electron chi connectivity index (χ0n) is 8.16. The molecule has 1 rings (SSSR count). The van der Waals surface area contributed by atoms with Crippen molar-refractivity contribution in [2.75, 3.05) is 6.61 Å². The molecule has 0 atom stereocenters. The van der Waals surface area contributed by atoms with Crippen molar-refractivity contribution >= 4 is 31.3 Å². The van der Waals surface area contributed by atoms with Crippen LogP contribution in [0, 0.1) is 11.6 Å². The highest BCUT2D eigenvalue weighted by Crippen LogP contribution is 2.30. The van der Waals surface area contributed by atoms with Crippen LogP contribution in [0.2, 0.25) is 0 Å². The predicted octanol–water partition coefficient (Wildman–Crippen LogP) is 3.02. The highest BCUT2D eigenvalue weighted by Gasteiger charge is 2.22. The van der Waals surface area contributed by atoms with E-state index in [1.165, 1.54) is 6.08 Å². The van der Waals surface area contributed by atoms with Gasteiger partial charge in [-0.3, -0.25) is 0 Å². The van der Waals surface area contributed by atoms with Gasteiger partial charge in [-0.1, -0.05) is 11.6 Å². The molecule has 0 aliphatic heterocycles. The van der Waals surface area contributed by atoms with E-state index in [4.69, 9.17) is 27.0 Å². The zero-order valence-corrected chi connectivity index (χ0v) is 10.5. The standard InChI is InChI=1S/C9H6Cl2F2O3S/c10-2-1-3-16-9-7(13)4-6(12)5-8(9)17(11,14)15/h1-2,4-5H,3H2/b2-1+. The number of rotatable bonds is 4. The van der Waals surface area contributed by atoms with E-state index >= 15 is 0 Å². The van der Waals surface area contributed by atoms with E-state index in [1.807, 2.05) is 0 Å². The molecular weight excluding hydrogens is 297 g/mol. The molecule has 1 aromatic carbocycles. The van der Waals surface area contributed by atoms with Crippen LogP contribution in [-0.2, 0) is 9.05 Å². The molecule has 1 aromatic rings. The Kier molecular flexibility index (Phi) is 4.73. The fourth-order valence-electron chi connectivity index (χ4n) is 1.03. The van der Waals surface area contributed by atoms with Gasteiger partial charge in [0.15, 0.2) is 11.6 Å². The lowest BCUT2D eigenvalue weighted by Crippen LogP contribution is -2.03. The molecular formula is C9H6Cl2F2O3S. The van der Waals surface area contributed by atoms with Crippen molar-refractivity contribution in [3.05, 3.63) is 35.4 Å². The summed E-state index contributed by atoms with van der Waals surface area (Å²) >= 11 is 5.20. The van der Waals surface area contributed by atoms with Crippen LogP contribution < -0.4 is 4.74 Å². The highest BCUT2D eigenvalue weighted by molar-refractivity contribution is 8.13. The Hall–Kier alpha value is -0.850. The van der Waals surface area contributed by atoms with Crippen LogP contribution in [0.25, 0.3) is 0 Å². The summed E-state index contributed by atoms with van der Waals surface area (Å²) in [5, 5.41) is 0. The molecule has 0 radical (unpaired) electrons. The van der Waals surface area contributed by atoms with Crippen molar-refractivity contribution in [1.29, 1.82) is 0 Å². The van der Waals surface area contributed by atoms with Crippen molar-refractivity contribution in [2.24, 2.45) is 0 Å². The molecule has 0 fully saturated rings. The van der Waals surface area contributed by atoms with Gasteiger partial charge in [-0.15, -0.1) is 0 Å². The van der Waals surface area contributed by atoms with Gasteiger partial charge in [0, 0.05) is 22.3 Å². The maximum atomic E-state index is 13.3. The van der Waals surface area contributed by atoms with Crippen molar-refractivity contribution in [3.8, 4) is 5.75 Å². The van der Waals surface area contributed by atoms with Crippen LogP contribution in [-0.4, -0.2) is 15.0 Å². The largest absolute Gasteiger partial charge is 0.485 e. The molecule has 0 saturated carbocycles. The Labute approximate surface area is 106 Å². The molecule has 0 aliphatic carbocycles. The monoisotopic (exact) mass is 302 g/mol. The topological polar surface area (TPSA) is 43.4 Å². The van der Waals surface area contributed by atoms with Gasteiger partial charge in [0.25, 0.3) is 9.05 Å². The Morgan fingerprint density at radius 2 is 2.00 bits per heavy atom. The Balaban J connectivity index is 3.26. The summed E-state index contributed by atoms with van der Waals surface area (Å²) in [4.78, 5) is -0.764. The fraction of sp³-hybridized carbons (Fsp3) is 0.111. The second kappa shape index (κ2) is 5.66. The Bertz CT molecular complexity index is 543. The molecule has 0 heterocycles. The molecule has 17 heavy (non-hydrogen) atoms. The van der Waals surface area contributed by atoms with E-state index in [0.717, 1.165) is 5.54 Å². The lowest BCUT2D eigenvalue weighted by Gasteiger charge is -2.08. The first-order chi connectivity index (χ1) is 7.86. The van der Waals surface area contributed by atoms with Crippen LogP contribution in [0.1, 0.15) is 0 Å². The van der Waals surface area contributed by atoms with Crippen molar-refractivity contribution in [1.82, 2.24) is 0 Å². The Morgan fingerprint density at radius 1 is 1.35 bits per heavy atom. The molecule has 94 valence electrons. The smallest absolute Gasteiger partial charge is 0.265 e. The molecule has 0 saturated heterocycles. The molecule has 0 aliphatic rings. The quantitative estimate of drug-likeness (QED) is 0.803. The van der Waals surface area contributed by atoms with Crippen molar-refractivity contribution < 1.29 is 21.9 Å². The fourth-order valence-corrected chi connectivity index (χ4v) is 2.07. The third-order valence-corrected chi connectivity index (χ3v) is 3.16. The summed E-state index contributed by atoms with van der Waals surface area (Å²) in [5.41, 5.74) is 1.11. The highest BCUT2D eigenvalue weighted by atomic mass is 35.7. The third-order valence-electron chi connectivity index (χ3n) is 1.65. The second-order valence-corrected chi connectivity index (χ2v) is 5.61. The first kappa shape index (κ1) is 14.2. The van der Waals surface area contributed by atoms with Gasteiger partial charge < -0.3 is 4.74 Å². The average Bonchev–Trinajstić information content (AvgIpc) is 2.19. The normalized spacial score (nSPS) is 12.0. The lowest BCUT2D eigenvalue weighted by atomic mass is 10.3. The number of ether oxygens (including phenoxy) is 1. The number of halogens is 4. The molecule has 8 heteroatoms. The second-order valence-electron chi connectivity index (χ2n) is 2.83. The van der Waals surface area contributed by atoms with Gasteiger partial charge in [0.2, 0.25) is 0 Å². The summed E-state index contributed by atoms with van der Waals surface area (Å²) in [7, 11) is 0.730. The number of hydrogen-bond donors (Lipinski definition) is 0. The molecule has 0 amide bonds. The van der Waals surface area contributed by atoms with Crippen LogP contribution in [0.15, 0.2) is 28.6 Å². The Morgan fingerprint density at radius 3 is 2.53 bits per heavy atom. The van der Waals surface area contributed by atoms with Crippen molar-refractivity contribution in [2.45, 2.75) is 4.90 Å². The van der Waals surface area contributed by atoms with E-state index in [9.17, 15) is 17.2 Å². The van der Waals surface area contributed by atoms with Gasteiger partial charge in [-0.2, -0.15) is 0 Å². The summed E-state index contributed by atoms with van der Waals surface area (Å²) in [5.74, 6) is -2.87. The SMILES string of the molecule is O=S(=O)(Cl)c1cc(F)cc(F)c1OC/C=C/Cl. The van der Waals surface area contributed by atoms with Gasteiger partial charge in [-0.05, 0) is 12.1 Å². The van der Waals surface area contributed by atoms with E-state index in [1.54, 1.807) is 0 Å². The van der Waals surface area contributed by atoms with Crippen molar-refractivity contribution in [3.63, 3.8) is 0 Å². The van der Waals surface area contributed by atoms with Crippen LogP contribution in [0.4, 0.5) is 8.78 Å². The minimum absolute atomic E-state index is 0.175. The number of hydrogen-bond acceptors (Lipinski definition) is 3. The first-order valence-corrected chi connectivity index (χ1v) is 6.92. The zero-order chi connectivity index (χ0) is 13.1. The van der Waals surface area contributed by atoms with Crippen LogP contribution >= 0.6 is 22.3 Å². The minimum Gasteiger partial charge on any atom is -0.485 e. The molecule has 0 bridgehead atoms. The summed E-state index contributed by atoms with van der Waals surface area (Å²) in [6.45, 7) is -0.175. The van der Waals surface area contributed by atoms with Crippen LogP contribution in [0.5, 0.6) is 5.75 Å². The van der Waals surface area contributed by atoms with E-state index in [-0.39, 0.29) is 6.61 Å². The van der Waals surface area contributed by atoms with E-state index < -0.39 is 31.3 Å². The molecule has 3 nitrogen and oxygen atoms in total. The number of benzene rings is 1. The molecule has 0 aromatic heterocycles. The average molecular weight is 303 g/mol. The summed E-state index contributed by atoms with van der Waals surface area (Å²) < 4.78 is 53.2. The molecule has 0 spiro atoms. The molecule has 0 unspecified atom stereocenters. The third kappa shape index (κ3) is 3.83. The van der Waals surface area contributed by atoms with Gasteiger partial charge in [0.1, 0.15) is 17.3 Å². The summed E-state index contributed by atoms with van der Waals surface area (Å²) in [6, 6.07) is 1.07. The van der Waals surface area contributed by atoms with Gasteiger partial charge in [0.05, 0.1) is 0 Å². The summed E-state index contributed by atoms with van der Waals surface area (Å²) in [6.07, 6.45) is 1.30. The molecule has 0 N–H and O–H groups in total.